The molecule has 1 aromatic heterocycles. The summed E-state index contributed by atoms with van der Waals surface area (Å²) in [6, 6.07) is 3.36. The number of halogens is 2. The zero-order valence-electron chi connectivity index (χ0n) is 12.1. The molecule has 1 aliphatic rings. The number of amides is 1. The van der Waals surface area contributed by atoms with Crippen molar-refractivity contribution in [1.29, 1.82) is 0 Å². The van der Waals surface area contributed by atoms with Crippen LogP contribution in [0.4, 0.5) is 20.4 Å². The van der Waals surface area contributed by atoms with E-state index < -0.39 is 23.2 Å². The molecule has 0 aliphatic carbocycles. The maximum Gasteiger partial charge on any atom is 0.258 e. The van der Waals surface area contributed by atoms with Gasteiger partial charge in [-0.3, -0.25) is 4.79 Å². The van der Waals surface area contributed by atoms with Gasteiger partial charge in [0.15, 0.2) is 0 Å². The smallest absolute Gasteiger partial charge is 0.258 e. The summed E-state index contributed by atoms with van der Waals surface area (Å²) < 4.78 is 32.3. The van der Waals surface area contributed by atoms with Crippen LogP contribution in [0, 0.1) is 11.6 Å². The van der Waals surface area contributed by atoms with Crippen LogP contribution in [0.3, 0.4) is 0 Å². The lowest BCUT2D eigenvalue weighted by molar-refractivity contribution is 0.102. The molecule has 23 heavy (non-hydrogen) atoms. The fourth-order valence-electron chi connectivity index (χ4n) is 2.17. The van der Waals surface area contributed by atoms with Crippen molar-refractivity contribution < 1.29 is 18.3 Å². The summed E-state index contributed by atoms with van der Waals surface area (Å²) in [6.07, 6.45) is 2.65. The van der Waals surface area contributed by atoms with Crippen LogP contribution in [0.2, 0.25) is 0 Å². The van der Waals surface area contributed by atoms with Crippen LogP contribution < -0.4 is 10.2 Å². The molecule has 0 bridgehead atoms. The Morgan fingerprint density at radius 1 is 1.13 bits per heavy atom. The van der Waals surface area contributed by atoms with Crippen molar-refractivity contribution in [3.05, 3.63) is 47.8 Å². The Balaban J connectivity index is 1.72. The van der Waals surface area contributed by atoms with Gasteiger partial charge in [0.05, 0.1) is 18.8 Å². The summed E-state index contributed by atoms with van der Waals surface area (Å²) in [6.45, 7) is 2.54. The standard InChI is InChI=1S/C15H14F2N4O2/c16-11-2-1-3-12(17)13(11)20-14(22)10-8-18-15(19-9-10)21-4-6-23-7-5-21/h1-3,8-9H,4-7H2,(H,20,22). The average molecular weight is 320 g/mol. The second-order valence-corrected chi connectivity index (χ2v) is 4.92. The molecule has 0 spiro atoms. The van der Waals surface area contributed by atoms with E-state index in [0.29, 0.717) is 32.3 Å². The Labute approximate surface area is 131 Å². The minimum absolute atomic E-state index is 0.115. The third-order valence-corrected chi connectivity index (χ3v) is 3.40. The van der Waals surface area contributed by atoms with Crippen LogP contribution in [0.15, 0.2) is 30.6 Å². The van der Waals surface area contributed by atoms with Crippen molar-refractivity contribution in [1.82, 2.24) is 9.97 Å². The van der Waals surface area contributed by atoms with Gasteiger partial charge in [0.2, 0.25) is 5.95 Å². The van der Waals surface area contributed by atoms with Gasteiger partial charge in [-0.2, -0.15) is 0 Å². The van der Waals surface area contributed by atoms with Gasteiger partial charge in [-0.05, 0) is 12.1 Å². The highest BCUT2D eigenvalue weighted by molar-refractivity contribution is 6.04. The quantitative estimate of drug-likeness (QED) is 0.935. The molecule has 1 amide bonds. The van der Waals surface area contributed by atoms with E-state index in [-0.39, 0.29) is 5.56 Å². The first kappa shape index (κ1) is 15.3. The van der Waals surface area contributed by atoms with Gasteiger partial charge in [-0.25, -0.2) is 18.7 Å². The third kappa shape index (κ3) is 3.42. The normalized spacial score (nSPS) is 14.6. The molecule has 1 fully saturated rings. The van der Waals surface area contributed by atoms with Crippen LogP contribution in [0.1, 0.15) is 10.4 Å². The molecule has 0 radical (unpaired) electrons. The predicted molar refractivity (Wildman–Crippen MR) is 79.4 cm³/mol. The molecule has 0 atom stereocenters. The molecule has 0 unspecified atom stereocenters. The van der Waals surface area contributed by atoms with E-state index >= 15 is 0 Å². The summed E-state index contributed by atoms with van der Waals surface area (Å²) in [5.41, 5.74) is -0.376. The summed E-state index contributed by atoms with van der Waals surface area (Å²) in [4.78, 5) is 22.2. The first-order chi connectivity index (χ1) is 11.1. The van der Waals surface area contributed by atoms with Crippen molar-refractivity contribution in [3.8, 4) is 0 Å². The van der Waals surface area contributed by atoms with E-state index in [2.05, 4.69) is 15.3 Å². The second kappa shape index (κ2) is 6.66. The number of nitrogens with one attached hydrogen (secondary N) is 1. The highest BCUT2D eigenvalue weighted by Gasteiger charge is 2.16. The van der Waals surface area contributed by atoms with Gasteiger partial charge in [-0.15, -0.1) is 0 Å². The van der Waals surface area contributed by atoms with E-state index in [0.717, 1.165) is 12.1 Å². The molecule has 2 aromatic rings. The van der Waals surface area contributed by atoms with Gasteiger partial charge >= 0.3 is 0 Å². The lowest BCUT2D eigenvalue weighted by atomic mass is 10.2. The Morgan fingerprint density at radius 3 is 2.35 bits per heavy atom. The monoisotopic (exact) mass is 320 g/mol. The van der Waals surface area contributed by atoms with Crippen LogP contribution in [-0.2, 0) is 4.74 Å². The van der Waals surface area contributed by atoms with Crippen molar-refractivity contribution in [2.24, 2.45) is 0 Å². The Kier molecular flexibility index (Phi) is 4.42. The number of para-hydroxylation sites is 1. The number of rotatable bonds is 3. The highest BCUT2D eigenvalue weighted by Crippen LogP contribution is 2.19. The van der Waals surface area contributed by atoms with Crippen LogP contribution in [0.25, 0.3) is 0 Å². The topological polar surface area (TPSA) is 67.4 Å². The van der Waals surface area contributed by atoms with Crippen molar-refractivity contribution in [2.75, 3.05) is 36.5 Å². The maximum atomic E-state index is 13.5. The fraction of sp³-hybridized carbons (Fsp3) is 0.267. The summed E-state index contributed by atoms with van der Waals surface area (Å²) in [7, 11) is 0. The molecule has 8 heteroatoms. The van der Waals surface area contributed by atoms with Gasteiger partial charge in [0.1, 0.15) is 17.3 Å². The predicted octanol–water partition coefficient (Wildman–Crippen LogP) is 1.84. The molecular weight excluding hydrogens is 306 g/mol. The fourth-order valence-corrected chi connectivity index (χ4v) is 2.17. The minimum atomic E-state index is -0.843. The number of anilines is 2. The van der Waals surface area contributed by atoms with Gasteiger partial charge in [-0.1, -0.05) is 6.07 Å². The highest BCUT2D eigenvalue weighted by atomic mass is 19.1. The Morgan fingerprint density at radius 2 is 1.74 bits per heavy atom. The number of hydrogen-bond donors (Lipinski definition) is 1. The van der Waals surface area contributed by atoms with Crippen LogP contribution in [-0.4, -0.2) is 42.2 Å². The zero-order valence-corrected chi connectivity index (χ0v) is 12.1. The minimum Gasteiger partial charge on any atom is -0.378 e. The number of carbonyl (C=O) groups is 1. The summed E-state index contributed by atoms with van der Waals surface area (Å²) in [5, 5.41) is 2.19. The molecule has 1 N–H and O–H groups in total. The molecule has 1 saturated heterocycles. The van der Waals surface area contributed by atoms with E-state index in [9.17, 15) is 13.6 Å². The van der Waals surface area contributed by atoms with Gasteiger partial charge in [0, 0.05) is 25.5 Å². The SMILES string of the molecule is O=C(Nc1c(F)cccc1F)c1cnc(N2CCOCC2)nc1. The lowest BCUT2D eigenvalue weighted by Crippen LogP contribution is -2.37. The number of morpholine rings is 1. The molecule has 3 rings (SSSR count). The van der Waals surface area contributed by atoms with Crippen molar-refractivity contribution >= 4 is 17.5 Å². The molecular formula is C15H14F2N4O2. The number of carbonyl (C=O) groups excluding carboxylic acids is 1. The molecule has 2 heterocycles. The average Bonchev–Trinajstić information content (AvgIpc) is 2.59. The Bertz CT molecular complexity index is 683. The molecule has 0 saturated carbocycles. The Hall–Kier alpha value is -2.61. The molecule has 1 aliphatic heterocycles. The zero-order chi connectivity index (χ0) is 16.2. The first-order valence-electron chi connectivity index (χ1n) is 7.05. The second-order valence-electron chi connectivity index (χ2n) is 4.92. The number of ether oxygens (including phenoxy) is 1. The van der Waals surface area contributed by atoms with Crippen LogP contribution >= 0.6 is 0 Å². The van der Waals surface area contributed by atoms with E-state index in [1.807, 2.05) is 4.90 Å². The number of benzene rings is 1. The van der Waals surface area contributed by atoms with E-state index in [4.69, 9.17) is 4.74 Å². The van der Waals surface area contributed by atoms with Crippen molar-refractivity contribution in [2.45, 2.75) is 0 Å². The maximum absolute atomic E-state index is 13.5. The lowest BCUT2D eigenvalue weighted by Gasteiger charge is -2.26. The van der Waals surface area contributed by atoms with Gasteiger partial charge in [0.25, 0.3) is 5.91 Å². The number of nitrogens with zero attached hydrogens (tertiary/aromatic N) is 3. The summed E-state index contributed by atoms with van der Waals surface area (Å²) in [5.74, 6) is -1.88. The largest absolute Gasteiger partial charge is 0.378 e. The molecule has 1 aromatic carbocycles. The number of aromatic nitrogens is 2. The summed E-state index contributed by atoms with van der Waals surface area (Å²) >= 11 is 0. The first-order valence-corrected chi connectivity index (χ1v) is 7.05. The third-order valence-electron chi connectivity index (χ3n) is 3.40. The van der Waals surface area contributed by atoms with Gasteiger partial charge < -0.3 is 15.0 Å². The molecule has 6 nitrogen and oxygen atoms in total. The van der Waals surface area contributed by atoms with E-state index in [1.54, 1.807) is 0 Å². The van der Waals surface area contributed by atoms with Crippen LogP contribution in [0.5, 0.6) is 0 Å². The van der Waals surface area contributed by atoms with Crippen molar-refractivity contribution in [3.63, 3.8) is 0 Å². The number of hydrogen-bond acceptors (Lipinski definition) is 5. The molecule has 120 valence electrons. The van der Waals surface area contributed by atoms with E-state index in [1.165, 1.54) is 18.5 Å².